The molecule has 1 aliphatic heterocycles. The number of hydrogen-bond acceptors (Lipinski definition) is 5. The van der Waals surface area contributed by atoms with E-state index < -0.39 is 0 Å². The van der Waals surface area contributed by atoms with Gasteiger partial charge in [0.05, 0.1) is 18.8 Å². The number of rotatable bonds is 5. The number of fused-ring (bicyclic) bond motifs is 1. The number of nitrogens with one attached hydrogen (secondary N) is 2. The van der Waals surface area contributed by atoms with Gasteiger partial charge in [0, 0.05) is 30.7 Å². The average molecular weight is 367 g/mol. The van der Waals surface area contributed by atoms with Gasteiger partial charge in [-0.3, -0.25) is 4.79 Å². The number of carbonyl (C=O) groups is 1. The first-order valence-corrected chi connectivity index (χ1v) is 9.35. The second-order valence-electron chi connectivity index (χ2n) is 7.34. The van der Waals surface area contributed by atoms with Crippen LogP contribution in [0.15, 0.2) is 37.0 Å². The maximum atomic E-state index is 12.1. The molecule has 0 bridgehead atoms. The lowest BCUT2D eigenvalue weighted by atomic mass is 9.99. The molecule has 0 radical (unpaired) electrons. The van der Waals surface area contributed by atoms with Crippen molar-refractivity contribution in [1.29, 1.82) is 0 Å². The Bertz CT molecular complexity index is 903. The molecule has 2 fully saturated rings. The molecule has 142 valence electrons. The molecule has 1 saturated heterocycles. The Morgan fingerprint density at radius 1 is 1.44 bits per heavy atom. The fourth-order valence-electron chi connectivity index (χ4n) is 3.98. The number of carbonyl (C=O) groups excluding carboxylic acids is 1. The second-order valence-corrected chi connectivity index (χ2v) is 7.34. The summed E-state index contributed by atoms with van der Waals surface area (Å²) in [5.74, 6) is 1.16. The Morgan fingerprint density at radius 2 is 2.30 bits per heavy atom. The molecule has 2 aromatic rings. The molecule has 4 rings (SSSR count). The number of nitrogens with zero attached hydrogens (tertiary/aromatic N) is 3. The maximum Gasteiger partial charge on any atom is 0.246 e. The third-order valence-electron chi connectivity index (χ3n) is 5.55. The van der Waals surface area contributed by atoms with Crippen LogP contribution in [-0.4, -0.2) is 51.5 Å². The predicted molar refractivity (Wildman–Crippen MR) is 104 cm³/mol. The number of likely N-dealkylation sites (tertiary alicyclic amines) is 1. The molecule has 0 aromatic carbocycles. The van der Waals surface area contributed by atoms with E-state index in [2.05, 4.69) is 33.8 Å². The van der Waals surface area contributed by atoms with E-state index in [0.29, 0.717) is 12.5 Å². The minimum absolute atomic E-state index is 0.0171. The fourth-order valence-corrected chi connectivity index (χ4v) is 3.98. The van der Waals surface area contributed by atoms with E-state index in [1.807, 2.05) is 17.4 Å². The first-order valence-electron chi connectivity index (χ1n) is 9.35. The Labute approximate surface area is 158 Å². The molecule has 0 unspecified atom stereocenters. The van der Waals surface area contributed by atoms with Crippen molar-refractivity contribution in [2.45, 2.75) is 44.2 Å². The minimum Gasteiger partial charge on any atom is -0.504 e. The van der Waals surface area contributed by atoms with Gasteiger partial charge in [-0.1, -0.05) is 6.58 Å². The summed E-state index contributed by atoms with van der Waals surface area (Å²) >= 11 is 0. The molecular formula is C20H25N5O2. The largest absolute Gasteiger partial charge is 0.504 e. The van der Waals surface area contributed by atoms with Crippen molar-refractivity contribution in [1.82, 2.24) is 19.9 Å². The SMILES string of the molecule is C=CC(=O)N1C[C@H](Nc2ncnc3[nH]cc([C@@H]4C/C4=C/OC)c23)CC[C@@H]1C. The van der Waals surface area contributed by atoms with Crippen LogP contribution in [0.1, 0.15) is 37.7 Å². The van der Waals surface area contributed by atoms with Gasteiger partial charge in [0.25, 0.3) is 0 Å². The summed E-state index contributed by atoms with van der Waals surface area (Å²) in [4.78, 5) is 26.1. The molecule has 1 saturated carbocycles. The van der Waals surface area contributed by atoms with Crippen molar-refractivity contribution in [3.05, 3.63) is 42.6 Å². The van der Waals surface area contributed by atoms with Crippen LogP contribution in [0.2, 0.25) is 0 Å². The maximum absolute atomic E-state index is 12.1. The van der Waals surface area contributed by atoms with Crippen LogP contribution in [0.4, 0.5) is 5.82 Å². The Kier molecular flexibility index (Phi) is 4.59. The van der Waals surface area contributed by atoms with Gasteiger partial charge >= 0.3 is 0 Å². The number of H-pyrrole nitrogens is 1. The number of aromatic amines is 1. The number of methoxy groups -OCH3 is 1. The molecular weight excluding hydrogens is 342 g/mol. The average Bonchev–Trinajstić information content (AvgIpc) is 3.30. The minimum atomic E-state index is -0.0171. The third kappa shape index (κ3) is 3.29. The van der Waals surface area contributed by atoms with Crippen molar-refractivity contribution in [2.24, 2.45) is 0 Å². The zero-order chi connectivity index (χ0) is 19.0. The summed E-state index contributed by atoms with van der Waals surface area (Å²) in [7, 11) is 1.67. The van der Waals surface area contributed by atoms with E-state index in [9.17, 15) is 4.79 Å². The standard InChI is InChI=1S/C20H25N5O2/c1-4-17(26)25-9-14(6-5-12(25)2)24-20-18-16(15-7-13(15)10-27-3)8-21-19(18)22-11-23-20/h4,8,10-12,14-15H,1,5-7,9H2,2-3H3,(H2,21,22,23,24)/b13-10-/t12-,14+,15+/m0/s1. The van der Waals surface area contributed by atoms with Crippen molar-refractivity contribution in [2.75, 3.05) is 19.0 Å². The number of ether oxygens (including phenoxy) is 1. The van der Waals surface area contributed by atoms with Crippen molar-refractivity contribution in [3.63, 3.8) is 0 Å². The number of hydrogen-bond donors (Lipinski definition) is 2. The quantitative estimate of drug-likeness (QED) is 0.627. The number of aromatic nitrogens is 3. The van der Waals surface area contributed by atoms with Gasteiger partial charge in [-0.25, -0.2) is 9.97 Å². The van der Waals surface area contributed by atoms with E-state index in [1.165, 1.54) is 17.2 Å². The van der Waals surface area contributed by atoms with Gasteiger partial charge in [0.15, 0.2) is 0 Å². The van der Waals surface area contributed by atoms with E-state index in [0.717, 1.165) is 36.1 Å². The summed E-state index contributed by atoms with van der Waals surface area (Å²) in [6.45, 7) is 6.35. The lowest BCUT2D eigenvalue weighted by Crippen LogP contribution is -2.49. The van der Waals surface area contributed by atoms with Crippen LogP contribution in [-0.2, 0) is 9.53 Å². The van der Waals surface area contributed by atoms with Crippen LogP contribution in [0.5, 0.6) is 0 Å². The highest BCUT2D eigenvalue weighted by Gasteiger charge is 2.35. The van der Waals surface area contributed by atoms with Crippen LogP contribution in [0.25, 0.3) is 11.0 Å². The van der Waals surface area contributed by atoms with Gasteiger partial charge in [-0.05, 0) is 43.4 Å². The number of piperidine rings is 1. The molecule has 27 heavy (non-hydrogen) atoms. The lowest BCUT2D eigenvalue weighted by molar-refractivity contribution is -0.129. The molecule has 0 spiro atoms. The summed E-state index contributed by atoms with van der Waals surface area (Å²) < 4.78 is 5.15. The van der Waals surface area contributed by atoms with Crippen LogP contribution < -0.4 is 5.32 Å². The Hall–Kier alpha value is -2.83. The van der Waals surface area contributed by atoms with E-state index in [4.69, 9.17) is 4.74 Å². The molecule has 2 N–H and O–H groups in total. The summed E-state index contributed by atoms with van der Waals surface area (Å²) in [6, 6.07) is 0.383. The van der Waals surface area contributed by atoms with Crippen LogP contribution in [0.3, 0.4) is 0 Å². The molecule has 7 heteroatoms. The first kappa shape index (κ1) is 17.6. The van der Waals surface area contributed by atoms with Gasteiger partial charge < -0.3 is 19.9 Å². The van der Waals surface area contributed by atoms with Gasteiger partial charge in [-0.15, -0.1) is 0 Å². The topological polar surface area (TPSA) is 83.1 Å². The van der Waals surface area contributed by atoms with Crippen molar-refractivity contribution in [3.8, 4) is 0 Å². The third-order valence-corrected chi connectivity index (χ3v) is 5.55. The smallest absolute Gasteiger partial charge is 0.246 e. The van der Waals surface area contributed by atoms with Crippen LogP contribution >= 0.6 is 0 Å². The summed E-state index contributed by atoms with van der Waals surface area (Å²) in [6.07, 6.45) is 9.74. The molecule has 1 amide bonds. The zero-order valence-corrected chi connectivity index (χ0v) is 15.7. The fraction of sp³-hybridized carbons (Fsp3) is 0.450. The normalized spacial score (nSPS) is 26.2. The monoisotopic (exact) mass is 367 g/mol. The molecule has 3 heterocycles. The Morgan fingerprint density at radius 3 is 3.07 bits per heavy atom. The highest BCUT2D eigenvalue weighted by atomic mass is 16.5. The predicted octanol–water partition coefficient (Wildman–Crippen LogP) is 2.95. The lowest BCUT2D eigenvalue weighted by Gasteiger charge is -2.38. The molecule has 2 aromatic heterocycles. The van der Waals surface area contributed by atoms with E-state index >= 15 is 0 Å². The molecule has 2 aliphatic rings. The van der Waals surface area contributed by atoms with E-state index in [-0.39, 0.29) is 18.0 Å². The highest BCUT2D eigenvalue weighted by Crippen LogP contribution is 2.49. The Balaban J connectivity index is 1.59. The van der Waals surface area contributed by atoms with Gasteiger partial charge in [0.1, 0.15) is 17.8 Å². The van der Waals surface area contributed by atoms with Gasteiger partial charge in [0.2, 0.25) is 5.91 Å². The number of anilines is 1. The van der Waals surface area contributed by atoms with Crippen LogP contribution in [0, 0.1) is 0 Å². The van der Waals surface area contributed by atoms with Crippen molar-refractivity contribution < 1.29 is 9.53 Å². The number of allylic oxidation sites excluding steroid dienone is 1. The number of amides is 1. The highest BCUT2D eigenvalue weighted by molar-refractivity contribution is 5.92. The second kappa shape index (κ2) is 7.06. The van der Waals surface area contributed by atoms with Gasteiger partial charge in [-0.2, -0.15) is 0 Å². The summed E-state index contributed by atoms with van der Waals surface area (Å²) in [5, 5.41) is 4.59. The molecule has 7 nitrogen and oxygen atoms in total. The molecule has 1 aliphatic carbocycles. The van der Waals surface area contributed by atoms with E-state index in [1.54, 1.807) is 13.4 Å². The molecule has 3 atom stereocenters. The summed E-state index contributed by atoms with van der Waals surface area (Å²) in [5.41, 5.74) is 3.30. The zero-order valence-electron chi connectivity index (χ0n) is 15.7. The van der Waals surface area contributed by atoms with Crippen molar-refractivity contribution >= 4 is 22.8 Å². The first-order chi connectivity index (χ1) is 13.1.